The Hall–Kier alpha value is -3.09. The van der Waals surface area contributed by atoms with Crippen molar-refractivity contribution < 1.29 is 9.72 Å². The van der Waals surface area contributed by atoms with Crippen LogP contribution >= 0.6 is 0 Å². The van der Waals surface area contributed by atoms with E-state index in [1.807, 2.05) is 41.3 Å². The molecule has 0 unspecified atom stereocenters. The van der Waals surface area contributed by atoms with Crippen LogP contribution in [-0.4, -0.2) is 48.5 Å². The molecule has 2 aromatic carbocycles. The summed E-state index contributed by atoms with van der Waals surface area (Å²) in [5.74, 6) is 0.0430. The third-order valence-electron chi connectivity index (χ3n) is 4.94. The predicted octanol–water partition coefficient (Wildman–Crippen LogP) is 4.02. The van der Waals surface area contributed by atoms with Crippen LogP contribution in [0.1, 0.15) is 31.1 Å². The number of hydrogen-bond donors (Lipinski definition) is 1. The molecular weight excluding hydrogens is 368 g/mol. The van der Waals surface area contributed by atoms with Crippen molar-refractivity contribution in [1.82, 2.24) is 4.90 Å². The summed E-state index contributed by atoms with van der Waals surface area (Å²) in [5, 5.41) is 14.6. The molecule has 3 rings (SSSR count). The third-order valence-corrected chi connectivity index (χ3v) is 4.94. The molecule has 1 amide bonds. The van der Waals surface area contributed by atoms with Crippen LogP contribution in [0.5, 0.6) is 0 Å². The number of rotatable bonds is 5. The molecule has 7 nitrogen and oxygen atoms in total. The van der Waals surface area contributed by atoms with E-state index in [-0.39, 0.29) is 21.9 Å². The second-order valence-corrected chi connectivity index (χ2v) is 8.52. The lowest BCUT2D eigenvalue weighted by Crippen LogP contribution is -2.48. The molecule has 0 atom stereocenters. The van der Waals surface area contributed by atoms with Crippen LogP contribution in [0, 0.1) is 15.5 Å². The van der Waals surface area contributed by atoms with Gasteiger partial charge in [-0.15, -0.1) is 0 Å². The first-order valence-corrected chi connectivity index (χ1v) is 9.86. The number of nitrogens with zero attached hydrogens (tertiary/aromatic N) is 3. The van der Waals surface area contributed by atoms with Crippen molar-refractivity contribution in [3.8, 4) is 0 Å². The third kappa shape index (κ3) is 5.25. The molecule has 2 aromatic rings. The first-order valence-electron chi connectivity index (χ1n) is 9.86. The summed E-state index contributed by atoms with van der Waals surface area (Å²) >= 11 is 0. The van der Waals surface area contributed by atoms with Gasteiger partial charge in [0.1, 0.15) is 5.69 Å². The fourth-order valence-corrected chi connectivity index (χ4v) is 3.31. The van der Waals surface area contributed by atoms with Crippen LogP contribution < -0.4 is 10.2 Å². The van der Waals surface area contributed by atoms with Crippen molar-refractivity contribution in [2.45, 2.75) is 20.8 Å². The molecule has 1 aliphatic rings. The van der Waals surface area contributed by atoms with Gasteiger partial charge in [-0.05, 0) is 29.7 Å². The Morgan fingerprint density at radius 1 is 1.07 bits per heavy atom. The lowest BCUT2D eigenvalue weighted by Gasteiger charge is -2.36. The molecule has 1 fully saturated rings. The van der Waals surface area contributed by atoms with Gasteiger partial charge >= 0.3 is 0 Å². The van der Waals surface area contributed by atoms with Gasteiger partial charge < -0.3 is 15.1 Å². The van der Waals surface area contributed by atoms with Gasteiger partial charge in [0.15, 0.2) is 0 Å². The number of nitrogens with one attached hydrogen (secondary N) is 1. The number of nitro benzene ring substituents is 1. The zero-order valence-electron chi connectivity index (χ0n) is 17.2. The highest BCUT2D eigenvalue weighted by molar-refractivity contribution is 5.94. The molecule has 7 heteroatoms. The van der Waals surface area contributed by atoms with Crippen molar-refractivity contribution in [1.29, 1.82) is 0 Å². The summed E-state index contributed by atoms with van der Waals surface area (Å²) in [7, 11) is 0. The van der Waals surface area contributed by atoms with Crippen molar-refractivity contribution in [3.63, 3.8) is 0 Å². The zero-order chi connectivity index (χ0) is 21.0. The molecule has 29 heavy (non-hydrogen) atoms. The number of piperazine rings is 1. The molecule has 0 spiro atoms. The summed E-state index contributed by atoms with van der Waals surface area (Å²) in [6.07, 6.45) is 0. The van der Waals surface area contributed by atoms with Crippen molar-refractivity contribution in [3.05, 3.63) is 64.2 Å². The molecule has 0 saturated carbocycles. The van der Waals surface area contributed by atoms with E-state index in [4.69, 9.17) is 0 Å². The number of amides is 1. The lowest BCUT2D eigenvalue weighted by atomic mass is 9.97. The molecule has 1 heterocycles. The van der Waals surface area contributed by atoms with Crippen molar-refractivity contribution in [2.75, 3.05) is 42.9 Å². The first kappa shape index (κ1) is 20.6. The minimum atomic E-state index is -0.356. The molecule has 0 bridgehead atoms. The molecule has 1 N–H and O–H groups in total. The Morgan fingerprint density at radius 3 is 2.31 bits per heavy atom. The minimum Gasteiger partial charge on any atom is -0.379 e. The van der Waals surface area contributed by atoms with E-state index in [0.29, 0.717) is 44.0 Å². The number of carbonyl (C=O) groups excluding carboxylic acids is 1. The molecule has 1 saturated heterocycles. The van der Waals surface area contributed by atoms with E-state index < -0.39 is 0 Å². The SMILES string of the molecule is CC(C)(C)CNc1cc(N2CCN(C(=O)c3ccccc3)CC2)ccc1[N+](=O)[O-]. The molecule has 0 aliphatic carbocycles. The molecule has 154 valence electrons. The van der Waals surface area contributed by atoms with Gasteiger partial charge in [0.25, 0.3) is 11.6 Å². The number of carbonyl (C=O) groups is 1. The summed E-state index contributed by atoms with van der Waals surface area (Å²) < 4.78 is 0. The monoisotopic (exact) mass is 396 g/mol. The van der Waals surface area contributed by atoms with E-state index >= 15 is 0 Å². The van der Waals surface area contributed by atoms with Gasteiger partial charge in [0.05, 0.1) is 4.92 Å². The fraction of sp³-hybridized carbons (Fsp3) is 0.409. The number of benzene rings is 2. The first-order chi connectivity index (χ1) is 13.7. The Labute approximate surface area is 171 Å². The Bertz CT molecular complexity index is 869. The molecule has 0 radical (unpaired) electrons. The highest BCUT2D eigenvalue weighted by Gasteiger charge is 2.24. The van der Waals surface area contributed by atoms with Crippen molar-refractivity contribution in [2.24, 2.45) is 5.41 Å². The second kappa shape index (κ2) is 8.51. The van der Waals surface area contributed by atoms with Crippen LogP contribution in [-0.2, 0) is 0 Å². The van der Waals surface area contributed by atoms with Gasteiger partial charge in [-0.3, -0.25) is 14.9 Å². The Kier molecular flexibility index (Phi) is 6.06. The number of hydrogen-bond acceptors (Lipinski definition) is 5. The summed E-state index contributed by atoms with van der Waals surface area (Å²) in [5.41, 5.74) is 2.25. The molecule has 0 aromatic heterocycles. The topological polar surface area (TPSA) is 78.7 Å². The quantitative estimate of drug-likeness (QED) is 0.610. The highest BCUT2D eigenvalue weighted by atomic mass is 16.6. The predicted molar refractivity (Wildman–Crippen MR) is 116 cm³/mol. The average molecular weight is 396 g/mol. The van der Waals surface area contributed by atoms with Crippen LogP contribution in [0.25, 0.3) is 0 Å². The van der Waals surface area contributed by atoms with Gasteiger partial charge in [0.2, 0.25) is 0 Å². The number of anilines is 2. The largest absolute Gasteiger partial charge is 0.379 e. The zero-order valence-corrected chi connectivity index (χ0v) is 17.2. The van der Waals surface area contributed by atoms with E-state index in [0.717, 1.165) is 5.69 Å². The van der Waals surface area contributed by atoms with Crippen LogP contribution in [0.15, 0.2) is 48.5 Å². The maximum absolute atomic E-state index is 12.6. The maximum Gasteiger partial charge on any atom is 0.292 e. The van der Waals surface area contributed by atoms with Gasteiger partial charge in [0, 0.05) is 50.0 Å². The van der Waals surface area contributed by atoms with Crippen molar-refractivity contribution >= 4 is 23.0 Å². The minimum absolute atomic E-state index is 0.00724. The lowest BCUT2D eigenvalue weighted by molar-refractivity contribution is -0.384. The summed E-state index contributed by atoms with van der Waals surface area (Å²) in [4.78, 5) is 27.7. The van der Waals surface area contributed by atoms with E-state index in [2.05, 4.69) is 31.0 Å². The summed E-state index contributed by atoms with van der Waals surface area (Å²) in [6.45, 7) is 9.50. The van der Waals surface area contributed by atoms with E-state index in [1.165, 1.54) is 0 Å². The van der Waals surface area contributed by atoms with E-state index in [9.17, 15) is 14.9 Å². The Balaban J connectivity index is 1.70. The van der Waals surface area contributed by atoms with Gasteiger partial charge in [-0.25, -0.2) is 0 Å². The van der Waals surface area contributed by atoms with E-state index in [1.54, 1.807) is 12.1 Å². The summed E-state index contributed by atoms with van der Waals surface area (Å²) in [6, 6.07) is 14.5. The number of nitro groups is 1. The smallest absolute Gasteiger partial charge is 0.292 e. The standard InChI is InChI=1S/C22H28N4O3/c1-22(2,3)16-23-19-15-18(9-10-20(19)26(28)29)24-11-13-25(14-12-24)21(27)17-7-5-4-6-8-17/h4-10,15,23H,11-14,16H2,1-3H3. The normalized spacial score (nSPS) is 14.6. The highest BCUT2D eigenvalue weighted by Crippen LogP contribution is 2.31. The van der Waals surface area contributed by atoms with Crippen LogP contribution in [0.2, 0.25) is 0 Å². The van der Waals surface area contributed by atoms with Gasteiger partial charge in [-0.2, -0.15) is 0 Å². The average Bonchev–Trinajstić information content (AvgIpc) is 2.71. The van der Waals surface area contributed by atoms with Crippen LogP contribution in [0.3, 0.4) is 0 Å². The van der Waals surface area contributed by atoms with Crippen LogP contribution in [0.4, 0.5) is 17.1 Å². The molecular formula is C22H28N4O3. The Morgan fingerprint density at radius 2 is 1.72 bits per heavy atom. The molecule has 1 aliphatic heterocycles. The van der Waals surface area contributed by atoms with Gasteiger partial charge in [-0.1, -0.05) is 39.0 Å². The maximum atomic E-state index is 12.6. The fourth-order valence-electron chi connectivity index (χ4n) is 3.31. The second-order valence-electron chi connectivity index (χ2n) is 8.52.